The monoisotopic (exact) mass is 290 g/mol. The normalized spacial score (nSPS) is 11.7. The Hall–Kier alpha value is -1.46. The van der Waals surface area contributed by atoms with E-state index in [0.29, 0.717) is 6.54 Å². The summed E-state index contributed by atoms with van der Waals surface area (Å²) >= 11 is 0. The van der Waals surface area contributed by atoms with Gasteiger partial charge >= 0.3 is 0 Å². The van der Waals surface area contributed by atoms with Crippen LogP contribution < -0.4 is 0 Å². The van der Waals surface area contributed by atoms with Gasteiger partial charge in [-0.2, -0.15) is 0 Å². The molecule has 0 unspecified atom stereocenters. The average molecular weight is 290 g/mol. The summed E-state index contributed by atoms with van der Waals surface area (Å²) in [4.78, 5) is 11.2. The van der Waals surface area contributed by atoms with Crippen LogP contribution in [-0.4, -0.2) is 44.1 Å². The lowest BCUT2D eigenvalue weighted by atomic mass is 10.2. The van der Waals surface area contributed by atoms with Gasteiger partial charge in [0.25, 0.3) is 0 Å². The first kappa shape index (κ1) is 15.9. The number of imidazole rings is 1. The van der Waals surface area contributed by atoms with Crippen LogP contribution in [-0.2, 0) is 6.54 Å². The van der Waals surface area contributed by atoms with Gasteiger partial charge in [-0.15, -0.1) is 0 Å². The number of hydrogen-bond acceptors (Lipinski definition) is 4. The molecule has 116 valence electrons. The van der Waals surface area contributed by atoms with E-state index in [9.17, 15) is 5.11 Å². The summed E-state index contributed by atoms with van der Waals surface area (Å²) in [5.41, 5.74) is 3.29. The third-order valence-corrected chi connectivity index (χ3v) is 3.74. The van der Waals surface area contributed by atoms with Crippen LogP contribution >= 0.6 is 0 Å². The Morgan fingerprint density at radius 3 is 2.76 bits per heavy atom. The summed E-state index contributed by atoms with van der Waals surface area (Å²) in [6.07, 6.45) is 5.52. The van der Waals surface area contributed by atoms with Crippen LogP contribution in [0.1, 0.15) is 43.3 Å². The average Bonchev–Trinajstić information content (AvgIpc) is 2.82. The van der Waals surface area contributed by atoms with Gasteiger partial charge in [0, 0.05) is 24.5 Å². The van der Waals surface area contributed by atoms with Gasteiger partial charge < -0.3 is 5.11 Å². The zero-order chi connectivity index (χ0) is 15.2. The standard InChI is InChI=1S/C16H26N4O/c1-4-5-6-7-19(8-9-21)12-15-11-17-16-18-13(2)10-14(3)20(15)16/h10-11,21H,4-9,12H2,1-3H3. The highest BCUT2D eigenvalue weighted by Gasteiger charge is 2.12. The zero-order valence-corrected chi connectivity index (χ0v) is 13.3. The fraction of sp³-hybridized carbons (Fsp3) is 0.625. The molecule has 2 aromatic rings. The van der Waals surface area contributed by atoms with Crippen LogP contribution in [0, 0.1) is 13.8 Å². The fourth-order valence-electron chi connectivity index (χ4n) is 2.73. The van der Waals surface area contributed by atoms with Gasteiger partial charge in [0.05, 0.1) is 18.5 Å². The van der Waals surface area contributed by atoms with E-state index in [1.54, 1.807) is 0 Å². The van der Waals surface area contributed by atoms with Crippen molar-refractivity contribution in [2.75, 3.05) is 19.7 Å². The molecular formula is C16H26N4O. The SMILES string of the molecule is CCCCCN(CCO)Cc1cnc2nc(C)cc(C)n12. The number of aromatic nitrogens is 3. The lowest BCUT2D eigenvalue weighted by Crippen LogP contribution is -2.28. The minimum absolute atomic E-state index is 0.194. The summed E-state index contributed by atoms with van der Waals surface area (Å²) in [5.74, 6) is 0.764. The molecule has 2 rings (SSSR count). The maximum absolute atomic E-state index is 9.25. The highest BCUT2D eigenvalue weighted by molar-refractivity contribution is 5.35. The molecule has 2 heterocycles. The Morgan fingerprint density at radius 2 is 2.05 bits per heavy atom. The third kappa shape index (κ3) is 4.02. The number of hydrogen-bond donors (Lipinski definition) is 1. The van der Waals surface area contributed by atoms with Crippen molar-refractivity contribution in [1.82, 2.24) is 19.3 Å². The van der Waals surface area contributed by atoms with E-state index in [1.807, 2.05) is 13.1 Å². The van der Waals surface area contributed by atoms with Crippen LogP contribution in [0.5, 0.6) is 0 Å². The number of aryl methyl sites for hydroxylation is 2. The van der Waals surface area contributed by atoms with E-state index in [1.165, 1.54) is 19.3 Å². The van der Waals surface area contributed by atoms with Crippen molar-refractivity contribution < 1.29 is 5.11 Å². The summed E-state index contributed by atoms with van der Waals surface area (Å²) in [6, 6.07) is 2.08. The molecule has 21 heavy (non-hydrogen) atoms. The third-order valence-electron chi connectivity index (χ3n) is 3.74. The molecule has 0 saturated heterocycles. The summed E-state index contributed by atoms with van der Waals surface area (Å²) in [5, 5.41) is 9.25. The highest BCUT2D eigenvalue weighted by atomic mass is 16.3. The predicted molar refractivity (Wildman–Crippen MR) is 84.3 cm³/mol. The molecule has 5 nitrogen and oxygen atoms in total. The molecule has 1 N–H and O–H groups in total. The molecule has 0 aliphatic heterocycles. The summed E-state index contributed by atoms with van der Waals surface area (Å²) in [7, 11) is 0. The van der Waals surface area contributed by atoms with Crippen LogP contribution in [0.2, 0.25) is 0 Å². The van der Waals surface area contributed by atoms with Crippen molar-refractivity contribution in [3.63, 3.8) is 0 Å². The van der Waals surface area contributed by atoms with E-state index in [4.69, 9.17) is 0 Å². The van der Waals surface area contributed by atoms with E-state index < -0.39 is 0 Å². The molecule has 0 atom stereocenters. The van der Waals surface area contributed by atoms with E-state index in [0.717, 1.165) is 35.9 Å². The number of fused-ring (bicyclic) bond motifs is 1. The molecule has 0 aliphatic rings. The number of nitrogens with zero attached hydrogens (tertiary/aromatic N) is 4. The van der Waals surface area contributed by atoms with Crippen LogP contribution in [0.25, 0.3) is 5.78 Å². The fourth-order valence-corrected chi connectivity index (χ4v) is 2.73. The second-order valence-corrected chi connectivity index (χ2v) is 5.63. The van der Waals surface area contributed by atoms with Crippen molar-refractivity contribution in [3.05, 3.63) is 29.3 Å². The maximum atomic E-state index is 9.25. The predicted octanol–water partition coefficient (Wildman–Crippen LogP) is 2.33. The maximum Gasteiger partial charge on any atom is 0.234 e. The Balaban J connectivity index is 2.16. The minimum Gasteiger partial charge on any atom is -0.395 e. The van der Waals surface area contributed by atoms with Crippen molar-refractivity contribution in [2.24, 2.45) is 0 Å². The molecule has 0 spiro atoms. The number of rotatable bonds is 8. The zero-order valence-electron chi connectivity index (χ0n) is 13.3. The molecule has 0 amide bonds. The van der Waals surface area contributed by atoms with Gasteiger partial charge in [0.1, 0.15) is 0 Å². The summed E-state index contributed by atoms with van der Waals surface area (Å²) in [6.45, 7) is 8.99. The molecule has 2 aromatic heterocycles. The molecule has 0 saturated carbocycles. The molecule has 0 radical (unpaired) electrons. The van der Waals surface area contributed by atoms with Crippen LogP contribution in [0.4, 0.5) is 0 Å². The summed E-state index contributed by atoms with van der Waals surface area (Å²) < 4.78 is 2.11. The molecule has 0 bridgehead atoms. The minimum atomic E-state index is 0.194. The number of aliphatic hydroxyl groups excluding tert-OH is 1. The molecule has 0 aliphatic carbocycles. The van der Waals surface area contributed by atoms with Crippen molar-refractivity contribution >= 4 is 5.78 Å². The van der Waals surface area contributed by atoms with Gasteiger partial charge in [-0.25, -0.2) is 9.97 Å². The van der Waals surface area contributed by atoms with Crippen molar-refractivity contribution in [2.45, 2.75) is 46.6 Å². The Labute approximate surface area is 126 Å². The smallest absolute Gasteiger partial charge is 0.234 e. The molecule has 0 aromatic carbocycles. The first-order chi connectivity index (χ1) is 10.2. The van der Waals surface area contributed by atoms with Gasteiger partial charge in [0.15, 0.2) is 0 Å². The second-order valence-electron chi connectivity index (χ2n) is 5.63. The molecular weight excluding hydrogens is 264 g/mol. The van der Waals surface area contributed by atoms with Crippen molar-refractivity contribution in [1.29, 1.82) is 0 Å². The van der Waals surface area contributed by atoms with Crippen LogP contribution in [0.3, 0.4) is 0 Å². The quantitative estimate of drug-likeness (QED) is 0.758. The topological polar surface area (TPSA) is 53.7 Å². The lowest BCUT2D eigenvalue weighted by molar-refractivity contribution is 0.186. The second kappa shape index (κ2) is 7.52. The lowest BCUT2D eigenvalue weighted by Gasteiger charge is -2.21. The first-order valence-corrected chi connectivity index (χ1v) is 7.79. The van der Waals surface area contributed by atoms with Gasteiger partial charge in [0.2, 0.25) is 5.78 Å². The highest BCUT2D eigenvalue weighted by Crippen LogP contribution is 2.13. The Kier molecular flexibility index (Phi) is 5.70. The first-order valence-electron chi connectivity index (χ1n) is 7.79. The molecule has 5 heteroatoms. The van der Waals surface area contributed by atoms with Crippen LogP contribution in [0.15, 0.2) is 12.3 Å². The Bertz CT molecular complexity index is 579. The molecule has 0 fully saturated rings. The van der Waals surface area contributed by atoms with Gasteiger partial charge in [-0.3, -0.25) is 9.30 Å². The van der Waals surface area contributed by atoms with E-state index in [-0.39, 0.29) is 6.61 Å². The largest absolute Gasteiger partial charge is 0.395 e. The number of unbranched alkanes of at least 4 members (excludes halogenated alkanes) is 2. The van der Waals surface area contributed by atoms with Crippen molar-refractivity contribution in [3.8, 4) is 0 Å². The number of aliphatic hydroxyl groups is 1. The van der Waals surface area contributed by atoms with E-state index in [2.05, 4.69) is 39.2 Å². The van der Waals surface area contributed by atoms with E-state index >= 15 is 0 Å². The Morgan fingerprint density at radius 1 is 1.24 bits per heavy atom. The van der Waals surface area contributed by atoms with Gasteiger partial charge in [-0.1, -0.05) is 19.8 Å². The van der Waals surface area contributed by atoms with Gasteiger partial charge in [-0.05, 0) is 32.9 Å².